The summed E-state index contributed by atoms with van der Waals surface area (Å²) in [6.45, 7) is 1.94. The van der Waals surface area contributed by atoms with Crippen molar-refractivity contribution in [1.82, 2.24) is 19.7 Å². The third-order valence-electron chi connectivity index (χ3n) is 5.66. The molecule has 6 nitrogen and oxygen atoms in total. The summed E-state index contributed by atoms with van der Waals surface area (Å²) in [4.78, 5) is 22.8. The van der Waals surface area contributed by atoms with Gasteiger partial charge in [-0.1, -0.05) is 35.9 Å². The van der Waals surface area contributed by atoms with Gasteiger partial charge in [0.05, 0.1) is 33.0 Å². The molecule has 0 saturated heterocycles. The number of carbonyl (C=O) groups is 1. The number of nitrogens with zero attached hydrogens (tertiary/aromatic N) is 3. The van der Waals surface area contributed by atoms with E-state index in [0.717, 1.165) is 38.2 Å². The minimum atomic E-state index is -0.174. The maximum atomic E-state index is 13.3. The molecule has 34 heavy (non-hydrogen) atoms. The Morgan fingerprint density at radius 2 is 1.79 bits per heavy atom. The number of aromatic amines is 1. The number of aromatic nitrogens is 4. The molecule has 3 aromatic heterocycles. The molecule has 0 spiro atoms. The Balaban J connectivity index is 1.35. The van der Waals surface area contributed by atoms with Gasteiger partial charge in [0.2, 0.25) is 0 Å². The van der Waals surface area contributed by atoms with Gasteiger partial charge in [-0.05, 0) is 61.5 Å². The first-order chi connectivity index (χ1) is 16.6. The summed E-state index contributed by atoms with van der Waals surface area (Å²) < 4.78 is 1.85. The van der Waals surface area contributed by atoms with E-state index < -0.39 is 0 Å². The van der Waals surface area contributed by atoms with Crippen LogP contribution in [0.1, 0.15) is 15.4 Å². The molecule has 2 N–H and O–H groups in total. The summed E-state index contributed by atoms with van der Waals surface area (Å²) in [6.07, 6.45) is 0. The van der Waals surface area contributed by atoms with Gasteiger partial charge in [-0.15, -0.1) is 11.3 Å². The zero-order valence-corrected chi connectivity index (χ0v) is 19.6. The summed E-state index contributed by atoms with van der Waals surface area (Å²) in [7, 11) is 0. The molecule has 6 rings (SSSR count). The van der Waals surface area contributed by atoms with Crippen LogP contribution in [0.3, 0.4) is 0 Å². The molecule has 1 amide bonds. The third-order valence-corrected chi connectivity index (χ3v) is 7.02. The predicted molar refractivity (Wildman–Crippen MR) is 138 cm³/mol. The lowest BCUT2D eigenvalue weighted by Crippen LogP contribution is -2.11. The van der Waals surface area contributed by atoms with Gasteiger partial charge < -0.3 is 10.3 Å². The summed E-state index contributed by atoms with van der Waals surface area (Å²) in [5, 5.41) is 9.34. The number of benzene rings is 3. The molecule has 0 unspecified atom stereocenters. The monoisotopic (exact) mass is 483 g/mol. The fourth-order valence-corrected chi connectivity index (χ4v) is 5.18. The first-order valence-electron chi connectivity index (χ1n) is 10.7. The smallest absolute Gasteiger partial charge is 0.265 e. The Labute approximate surface area is 203 Å². The van der Waals surface area contributed by atoms with Crippen molar-refractivity contribution in [3.63, 3.8) is 0 Å². The number of carbonyl (C=O) groups excluding carboxylic acids is 1. The summed E-state index contributed by atoms with van der Waals surface area (Å²) >= 11 is 7.45. The molecule has 0 fully saturated rings. The standard InChI is InChI=1S/C26H18ClN5OS/c1-15-19-14-23(34-26(19)32(31-15)17-12-10-16(27)11-13-17)25(33)30-20-7-3-2-6-18(20)24-28-21-8-4-5-9-22(21)29-24/h2-14H,1H3,(H,28,29)(H,30,33). The number of hydrogen-bond donors (Lipinski definition) is 2. The first-order valence-corrected chi connectivity index (χ1v) is 11.9. The fraction of sp³-hybridized carbons (Fsp3) is 0.0385. The van der Waals surface area contributed by atoms with Crippen LogP contribution in [-0.4, -0.2) is 25.7 Å². The van der Waals surface area contributed by atoms with Crippen LogP contribution in [0.15, 0.2) is 78.9 Å². The molecule has 0 saturated carbocycles. The lowest BCUT2D eigenvalue weighted by molar-refractivity contribution is 0.103. The van der Waals surface area contributed by atoms with Gasteiger partial charge in [-0.2, -0.15) is 5.10 Å². The molecule has 3 heterocycles. The topological polar surface area (TPSA) is 75.6 Å². The maximum absolute atomic E-state index is 13.3. The highest BCUT2D eigenvalue weighted by molar-refractivity contribution is 7.20. The lowest BCUT2D eigenvalue weighted by Gasteiger charge is -2.08. The molecule has 3 aromatic carbocycles. The second-order valence-corrected chi connectivity index (χ2v) is 9.37. The average Bonchev–Trinajstić information content (AvgIpc) is 3.55. The quantitative estimate of drug-likeness (QED) is 0.288. The van der Waals surface area contributed by atoms with Crippen molar-refractivity contribution in [3.05, 3.63) is 94.5 Å². The number of amides is 1. The highest BCUT2D eigenvalue weighted by Gasteiger charge is 2.19. The number of thiophene rings is 1. The number of aryl methyl sites for hydroxylation is 1. The van der Waals surface area contributed by atoms with Crippen molar-refractivity contribution in [3.8, 4) is 17.1 Å². The van der Waals surface area contributed by atoms with E-state index in [1.54, 1.807) is 0 Å². The number of nitrogens with one attached hydrogen (secondary N) is 2. The maximum Gasteiger partial charge on any atom is 0.265 e. The molecular formula is C26H18ClN5OS. The van der Waals surface area contributed by atoms with E-state index in [2.05, 4.69) is 20.4 Å². The van der Waals surface area contributed by atoms with Gasteiger partial charge >= 0.3 is 0 Å². The number of halogens is 1. The van der Waals surface area contributed by atoms with Crippen LogP contribution < -0.4 is 5.32 Å². The number of hydrogen-bond acceptors (Lipinski definition) is 4. The second-order valence-electron chi connectivity index (χ2n) is 7.91. The van der Waals surface area contributed by atoms with E-state index in [1.165, 1.54) is 11.3 Å². The van der Waals surface area contributed by atoms with E-state index in [-0.39, 0.29) is 5.91 Å². The molecule has 0 aliphatic rings. The van der Waals surface area contributed by atoms with Crippen LogP contribution in [0.2, 0.25) is 5.02 Å². The molecule has 166 valence electrons. The van der Waals surface area contributed by atoms with Crippen molar-refractivity contribution >= 4 is 55.8 Å². The van der Waals surface area contributed by atoms with E-state index >= 15 is 0 Å². The molecule has 0 radical (unpaired) electrons. The van der Waals surface area contributed by atoms with Gasteiger partial charge in [0.1, 0.15) is 10.7 Å². The van der Waals surface area contributed by atoms with Crippen molar-refractivity contribution < 1.29 is 4.79 Å². The second kappa shape index (κ2) is 8.13. The minimum Gasteiger partial charge on any atom is -0.338 e. The Kier molecular flexibility index (Phi) is 4.94. The van der Waals surface area contributed by atoms with Gasteiger partial charge in [0, 0.05) is 16.0 Å². The van der Waals surface area contributed by atoms with Crippen LogP contribution in [-0.2, 0) is 0 Å². The van der Waals surface area contributed by atoms with Gasteiger partial charge in [-0.25, -0.2) is 9.67 Å². The largest absolute Gasteiger partial charge is 0.338 e. The normalized spacial score (nSPS) is 11.4. The Hall–Kier alpha value is -3.94. The Morgan fingerprint density at radius 1 is 1.03 bits per heavy atom. The molecule has 0 aliphatic heterocycles. The molecule has 8 heteroatoms. The summed E-state index contributed by atoms with van der Waals surface area (Å²) in [5.74, 6) is 0.537. The van der Waals surface area contributed by atoms with E-state index in [1.807, 2.05) is 90.5 Å². The zero-order chi connectivity index (χ0) is 23.2. The van der Waals surface area contributed by atoms with Crippen LogP contribution in [0.4, 0.5) is 5.69 Å². The average molecular weight is 484 g/mol. The number of imidazole rings is 1. The van der Waals surface area contributed by atoms with E-state index in [9.17, 15) is 4.79 Å². The molecule has 0 bridgehead atoms. The number of anilines is 1. The minimum absolute atomic E-state index is 0.174. The first kappa shape index (κ1) is 20.7. The summed E-state index contributed by atoms with van der Waals surface area (Å²) in [6, 6.07) is 24.9. The van der Waals surface area contributed by atoms with Crippen molar-refractivity contribution in [2.45, 2.75) is 6.92 Å². The van der Waals surface area contributed by atoms with Gasteiger partial charge in [-0.3, -0.25) is 4.79 Å². The highest BCUT2D eigenvalue weighted by atomic mass is 35.5. The van der Waals surface area contributed by atoms with E-state index in [4.69, 9.17) is 11.6 Å². The number of fused-ring (bicyclic) bond motifs is 2. The highest BCUT2D eigenvalue weighted by Crippen LogP contribution is 2.33. The SMILES string of the molecule is Cc1nn(-c2ccc(Cl)cc2)c2sc(C(=O)Nc3ccccc3-c3nc4ccccc4[nH]3)cc12. The Bertz CT molecular complexity index is 1650. The number of para-hydroxylation sites is 3. The molecule has 0 atom stereocenters. The van der Waals surface area contributed by atoms with Crippen LogP contribution in [0.5, 0.6) is 0 Å². The van der Waals surface area contributed by atoms with Crippen molar-refractivity contribution in [1.29, 1.82) is 0 Å². The van der Waals surface area contributed by atoms with E-state index in [0.29, 0.717) is 21.4 Å². The van der Waals surface area contributed by atoms with Crippen LogP contribution >= 0.6 is 22.9 Å². The fourth-order valence-electron chi connectivity index (χ4n) is 3.98. The zero-order valence-electron chi connectivity index (χ0n) is 18.0. The lowest BCUT2D eigenvalue weighted by atomic mass is 10.1. The van der Waals surface area contributed by atoms with Crippen LogP contribution in [0.25, 0.3) is 38.3 Å². The molecule has 0 aliphatic carbocycles. The molecule has 6 aromatic rings. The number of rotatable bonds is 4. The predicted octanol–water partition coefficient (Wildman–Crippen LogP) is 6.84. The van der Waals surface area contributed by atoms with Gasteiger partial charge in [0.25, 0.3) is 5.91 Å². The summed E-state index contributed by atoms with van der Waals surface area (Å²) in [5.41, 5.74) is 5.11. The van der Waals surface area contributed by atoms with Crippen LogP contribution in [0, 0.1) is 6.92 Å². The third kappa shape index (κ3) is 3.55. The number of H-pyrrole nitrogens is 1. The van der Waals surface area contributed by atoms with Gasteiger partial charge in [0.15, 0.2) is 0 Å². The Morgan fingerprint density at radius 3 is 2.62 bits per heavy atom. The molecular weight excluding hydrogens is 466 g/mol. The van der Waals surface area contributed by atoms with Crippen molar-refractivity contribution in [2.24, 2.45) is 0 Å². The van der Waals surface area contributed by atoms with Crippen molar-refractivity contribution in [2.75, 3.05) is 5.32 Å².